The predicted molar refractivity (Wildman–Crippen MR) is 59.7 cm³/mol. The predicted octanol–water partition coefficient (Wildman–Crippen LogP) is 0.0804. The van der Waals surface area contributed by atoms with Gasteiger partial charge in [0.15, 0.2) is 0 Å². The van der Waals surface area contributed by atoms with E-state index in [4.69, 9.17) is 0 Å². The fourth-order valence-electron chi connectivity index (χ4n) is 0.942. The zero-order valence-corrected chi connectivity index (χ0v) is 9.72. The van der Waals surface area contributed by atoms with Crippen LogP contribution in [0.5, 0.6) is 0 Å². The van der Waals surface area contributed by atoms with Crippen molar-refractivity contribution in [1.29, 1.82) is 0 Å². The van der Waals surface area contributed by atoms with Crippen molar-refractivity contribution >= 4 is 27.5 Å². The molecule has 3 N–H and O–H groups in total. The molecule has 0 unspecified atom stereocenters. The fraction of sp³-hybridized carbons (Fsp3) is 0.375. The molecule has 0 aromatic carbocycles. The number of nitrogens with zero attached hydrogens (tertiary/aromatic N) is 1. The number of aromatic amines is 1. The molecule has 0 atom stereocenters. The number of hydrogen-bond donors (Lipinski definition) is 3. The van der Waals surface area contributed by atoms with Gasteiger partial charge in [0, 0.05) is 20.0 Å². The highest BCUT2D eigenvalue weighted by molar-refractivity contribution is 9.10. The number of rotatable bonds is 4. The highest BCUT2D eigenvalue weighted by Crippen LogP contribution is 2.14. The molecule has 1 rings (SSSR count). The van der Waals surface area contributed by atoms with Gasteiger partial charge in [0.25, 0.3) is 5.56 Å². The second-order valence-corrected chi connectivity index (χ2v) is 3.63. The first-order chi connectivity index (χ1) is 7.11. The molecule has 0 spiro atoms. The minimum atomic E-state index is -0.292. The van der Waals surface area contributed by atoms with Crippen molar-refractivity contribution in [3.05, 3.63) is 21.0 Å². The van der Waals surface area contributed by atoms with Gasteiger partial charge in [0.05, 0.1) is 11.9 Å². The van der Waals surface area contributed by atoms with E-state index in [9.17, 15) is 9.59 Å². The topological polar surface area (TPSA) is 86.9 Å². The van der Waals surface area contributed by atoms with E-state index in [1.54, 1.807) is 0 Å². The van der Waals surface area contributed by atoms with Crippen molar-refractivity contribution < 1.29 is 4.79 Å². The van der Waals surface area contributed by atoms with Crippen LogP contribution in [-0.2, 0) is 4.79 Å². The van der Waals surface area contributed by atoms with Crippen LogP contribution in [-0.4, -0.2) is 29.2 Å². The van der Waals surface area contributed by atoms with E-state index in [0.29, 0.717) is 23.2 Å². The minimum Gasteiger partial charge on any atom is -0.381 e. The summed E-state index contributed by atoms with van der Waals surface area (Å²) in [7, 11) is 0. The molecule has 0 fully saturated rings. The van der Waals surface area contributed by atoms with Gasteiger partial charge < -0.3 is 10.6 Å². The quantitative estimate of drug-likeness (QED) is 0.679. The molecule has 0 aliphatic heterocycles. The Balaban J connectivity index is 2.48. The molecule has 1 aromatic rings. The Morgan fingerprint density at radius 1 is 1.60 bits per heavy atom. The van der Waals surface area contributed by atoms with Gasteiger partial charge in [0.2, 0.25) is 5.91 Å². The van der Waals surface area contributed by atoms with Gasteiger partial charge in [-0.2, -0.15) is 5.10 Å². The first kappa shape index (κ1) is 11.7. The molecule has 0 radical (unpaired) electrons. The van der Waals surface area contributed by atoms with E-state index < -0.39 is 0 Å². The molecular weight excluding hydrogens is 264 g/mol. The molecule has 0 aliphatic rings. The van der Waals surface area contributed by atoms with Crippen LogP contribution < -0.4 is 16.2 Å². The van der Waals surface area contributed by atoms with Crippen LogP contribution in [0.25, 0.3) is 0 Å². The molecule has 15 heavy (non-hydrogen) atoms. The smallest absolute Gasteiger partial charge is 0.280 e. The van der Waals surface area contributed by atoms with E-state index in [1.165, 1.54) is 13.1 Å². The van der Waals surface area contributed by atoms with E-state index in [-0.39, 0.29) is 11.5 Å². The van der Waals surface area contributed by atoms with E-state index in [1.807, 2.05) is 0 Å². The lowest BCUT2D eigenvalue weighted by Gasteiger charge is -2.06. The summed E-state index contributed by atoms with van der Waals surface area (Å²) in [5, 5.41) is 11.5. The molecule has 7 heteroatoms. The maximum Gasteiger partial charge on any atom is 0.280 e. The van der Waals surface area contributed by atoms with Crippen LogP contribution >= 0.6 is 15.9 Å². The number of nitrogens with one attached hydrogen (secondary N) is 3. The molecule has 82 valence electrons. The van der Waals surface area contributed by atoms with Gasteiger partial charge >= 0.3 is 0 Å². The van der Waals surface area contributed by atoms with Crippen LogP contribution in [0, 0.1) is 0 Å². The van der Waals surface area contributed by atoms with Crippen LogP contribution in [0.15, 0.2) is 15.5 Å². The third kappa shape index (κ3) is 3.70. The summed E-state index contributed by atoms with van der Waals surface area (Å²) in [4.78, 5) is 21.7. The third-order valence-electron chi connectivity index (χ3n) is 1.61. The van der Waals surface area contributed by atoms with Crippen LogP contribution in [0.2, 0.25) is 0 Å². The maximum absolute atomic E-state index is 11.1. The lowest BCUT2D eigenvalue weighted by molar-refractivity contribution is -0.118. The van der Waals surface area contributed by atoms with Gasteiger partial charge in [-0.25, -0.2) is 5.10 Å². The number of amides is 1. The SMILES string of the molecule is CC(=O)NCCNc1cn[nH]c(=O)c1Br. The number of carbonyl (C=O) groups is 1. The van der Waals surface area contributed by atoms with Gasteiger partial charge in [-0.15, -0.1) is 0 Å². The highest BCUT2D eigenvalue weighted by Gasteiger charge is 2.02. The molecule has 1 amide bonds. The van der Waals surface area contributed by atoms with E-state index in [2.05, 4.69) is 36.8 Å². The summed E-state index contributed by atoms with van der Waals surface area (Å²) in [6.07, 6.45) is 1.50. The van der Waals surface area contributed by atoms with Crippen LogP contribution in [0.3, 0.4) is 0 Å². The number of carbonyl (C=O) groups excluding carboxylic acids is 1. The van der Waals surface area contributed by atoms with Gasteiger partial charge in [0.1, 0.15) is 4.47 Å². The molecule has 1 aromatic heterocycles. The fourth-order valence-corrected chi connectivity index (χ4v) is 1.27. The second-order valence-electron chi connectivity index (χ2n) is 2.84. The van der Waals surface area contributed by atoms with E-state index in [0.717, 1.165) is 0 Å². The average Bonchev–Trinajstić information content (AvgIpc) is 2.18. The molecule has 0 saturated heterocycles. The Bertz CT molecular complexity index is 404. The standard InChI is InChI=1S/C8H11BrN4O2/c1-5(14)10-2-3-11-6-4-12-13-8(15)7(6)9/h4H,2-3H2,1H3,(H,10,14)(H2,11,13,15). The lowest BCUT2D eigenvalue weighted by Crippen LogP contribution is -2.26. The number of H-pyrrole nitrogens is 1. The van der Waals surface area contributed by atoms with Crippen LogP contribution in [0.4, 0.5) is 5.69 Å². The van der Waals surface area contributed by atoms with Crippen molar-refractivity contribution in [1.82, 2.24) is 15.5 Å². The zero-order chi connectivity index (χ0) is 11.3. The number of anilines is 1. The summed E-state index contributed by atoms with van der Waals surface area (Å²) < 4.78 is 0.403. The largest absolute Gasteiger partial charge is 0.381 e. The summed E-state index contributed by atoms with van der Waals surface area (Å²) >= 11 is 3.13. The third-order valence-corrected chi connectivity index (χ3v) is 2.40. The first-order valence-electron chi connectivity index (χ1n) is 4.32. The molecule has 0 bridgehead atoms. The molecular formula is C8H11BrN4O2. The first-order valence-corrected chi connectivity index (χ1v) is 5.12. The Morgan fingerprint density at radius 3 is 3.00 bits per heavy atom. The maximum atomic E-state index is 11.1. The summed E-state index contributed by atoms with van der Waals surface area (Å²) in [5.74, 6) is -0.0834. The number of hydrogen-bond acceptors (Lipinski definition) is 4. The zero-order valence-electron chi connectivity index (χ0n) is 8.13. The lowest BCUT2D eigenvalue weighted by atomic mass is 10.4. The van der Waals surface area contributed by atoms with Crippen molar-refractivity contribution in [2.45, 2.75) is 6.92 Å². The Kier molecular flexibility index (Phi) is 4.29. The van der Waals surface area contributed by atoms with E-state index >= 15 is 0 Å². The molecule has 6 nitrogen and oxygen atoms in total. The summed E-state index contributed by atoms with van der Waals surface area (Å²) in [5.41, 5.74) is 0.309. The minimum absolute atomic E-state index is 0.0834. The molecule has 0 saturated carbocycles. The summed E-state index contributed by atoms with van der Waals surface area (Å²) in [6.45, 7) is 2.47. The van der Waals surface area contributed by atoms with Gasteiger partial charge in [-0.1, -0.05) is 0 Å². The highest BCUT2D eigenvalue weighted by atomic mass is 79.9. The molecule has 1 heterocycles. The number of halogens is 1. The van der Waals surface area contributed by atoms with Crippen molar-refractivity contribution in [3.63, 3.8) is 0 Å². The Hall–Kier alpha value is -1.37. The second kappa shape index (κ2) is 5.50. The average molecular weight is 275 g/mol. The Morgan fingerprint density at radius 2 is 2.33 bits per heavy atom. The monoisotopic (exact) mass is 274 g/mol. The van der Waals surface area contributed by atoms with Crippen molar-refractivity contribution in [3.8, 4) is 0 Å². The van der Waals surface area contributed by atoms with Gasteiger partial charge in [-0.05, 0) is 15.9 Å². The van der Waals surface area contributed by atoms with Crippen molar-refractivity contribution in [2.75, 3.05) is 18.4 Å². The molecule has 0 aliphatic carbocycles. The normalized spacial score (nSPS) is 9.73. The van der Waals surface area contributed by atoms with Gasteiger partial charge in [-0.3, -0.25) is 9.59 Å². The van der Waals surface area contributed by atoms with Crippen molar-refractivity contribution in [2.24, 2.45) is 0 Å². The number of aromatic nitrogens is 2. The summed E-state index contributed by atoms with van der Waals surface area (Å²) in [6, 6.07) is 0. The van der Waals surface area contributed by atoms with Crippen LogP contribution in [0.1, 0.15) is 6.92 Å². The Labute approximate surface area is 94.6 Å².